The van der Waals surface area contributed by atoms with Gasteiger partial charge in [0.25, 0.3) is 5.56 Å². The molecule has 0 amide bonds. The average molecular weight is 556 g/mol. The van der Waals surface area contributed by atoms with Crippen LogP contribution in [0.1, 0.15) is 36.8 Å². The van der Waals surface area contributed by atoms with E-state index in [-0.39, 0.29) is 17.7 Å². The van der Waals surface area contributed by atoms with Gasteiger partial charge >= 0.3 is 5.97 Å². The minimum Gasteiger partial charge on any atom is -0.497 e. The Morgan fingerprint density at radius 1 is 1.18 bits per heavy atom. The van der Waals surface area contributed by atoms with E-state index in [1.54, 1.807) is 68.5 Å². The maximum absolute atomic E-state index is 13.9. The van der Waals surface area contributed by atoms with Gasteiger partial charge in [-0.25, -0.2) is 9.79 Å². The van der Waals surface area contributed by atoms with Crippen LogP contribution >= 0.6 is 11.3 Å². The summed E-state index contributed by atoms with van der Waals surface area (Å²) in [6, 6.07) is 17.1. The first-order chi connectivity index (χ1) is 19.4. The van der Waals surface area contributed by atoms with E-state index in [4.69, 9.17) is 18.6 Å². The molecular weight excluding hydrogens is 530 g/mol. The van der Waals surface area contributed by atoms with Gasteiger partial charge in [-0.1, -0.05) is 23.5 Å². The molecule has 1 atom stereocenters. The van der Waals surface area contributed by atoms with Crippen molar-refractivity contribution in [3.05, 3.63) is 102 Å². The molecule has 0 saturated carbocycles. The number of esters is 1. The van der Waals surface area contributed by atoms with Crippen molar-refractivity contribution in [1.29, 1.82) is 5.26 Å². The quantitative estimate of drug-likeness (QED) is 0.317. The highest BCUT2D eigenvalue weighted by molar-refractivity contribution is 7.07. The predicted octanol–water partition coefficient (Wildman–Crippen LogP) is 3.95. The maximum atomic E-state index is 13.9. The molecule has 0 fully saturated rings. The molecular formula is C30H25N3O6S. The average Bonchev–Trinajstić information content (AvgIpc) is 3.56. The molecule has 0 N–H and O–H groups in total. The van der Waals surface area contributed by atoms with E-state index in [1.165, 1.54) is 30.1 Å². The summed E-state index contributed by atoms with van der Waals surface area (Å²) in [6.07, 6.45) is 1.63. The Hall–Kier alpha value is -4.88. The Bertz CT molecular complexity index is 1870. The summed E-state index contributed by atoms with van der Waals surface area (Å²) in [5, 5.41) is 9.45. The fraction of sp³-hybridized carbons (Fsp3) is 0.200. The van der Waals surface area contributed by atoms with Crippen molar-refractivity contribution in [3.63, 3.8) is 0 Å². The van der Waals surface area contributed by atoms with Crippen LogP contribution in [-0.4, -0.2) is 31.4 Å². The number of nitriles is 1. The van der Waals surface area contributed by atoms with E-state index in [2.05, 4.69) is 11.1 Å². The van der Waals surface area contributed by atoms with Crippen molar-refractivity contribution >= 4 is 23.4 Å². The number of carbonyl (C=O) groups excluding carboxylic acids is 1. The molecule has 3 heterocycles. The molecule has 1 aliphatic rings. The summed E-state index contributed by atoms with van der Waals surface area (Å²) in [5.41, 5.74) is 2.02. The number of furan rings is 1. The molecule has 0 radical (unpaired) electrons. The SMILES string of the molecule is CCOC(=O)C1=C(C)N=c2sc(=Cc3ccc(-c4ccccc4C#N)o3)c(=O)n2[C@@H]1c1cc(OC)ccc1OC. The van der Waals surface area contributed by atoms with Crippen molar-refractivity contribution in [2.75, 3.05) is 20.8 Å². The zero-order valence-corrected chi connectivity index (χ0v) is 23.1. The lowest BCUT2D eigenvalue weighted by molar-refractivity contribution is -0.139. The fourth-order valence-corrected chi connectivity index (χ4v) is 5.67. The summed E-state index contributed by atoms with van der Waals surface area (Å²) in [4.78, 5) is 32.1. The van der Waals surface area contributed by atoms with Gasteiger partial charge in [-0.2, -0.15) is 5.26 Å². The molecule has 1 aliphatic heterocycles. The van der Waals surface area contributed by atoms with Crippen LogP contribution in [0.25, 0.3) is 17.4 Å². The maximum Gasteiger partial charge on any atom is 0.338 e. The summed E-state index contributed by atoms with van der Waals surface area (Å²) >= 11 is 1.18. The standard InChI is InChI=1S/C30H25N3O6S/c1-5-38-29(35)26-17(2)32-30-33(27(26)22-14-19(36-3)10-12-23(22)37-4)28(34)25(40-30)15-20-11-13-24(39-20)21-9-7-6-8-18(21)16-31/h6-15,27H,5H2,1-4H3/t27-/m1/s1. The van der Waals surface area contributed by atoms with Gasteiger partial charge in [0, 0.05) is 17.2 Å². The third-order valence-corrected chi connectivity index (χ3v) is 7.44. The molecule has 2 aromatic heterocycles. The van der Waals surface area contributed by atoms with E-state index in [0.29, 0.717) is 54.7 Å². The number of ether oxygens (including phenoxy) is 3. The van der Waals surface area contributed by atoms with E-state index >= 15 is 0 Å². The molecule has 10 heteroatoms. The van der Waals surface area contributed by atoms with Crippen LogP contribution in [0.3, 0.4) is 0 Å². The van der Waals surface area contributed by atoms with E-state index < -0.39 is 12.0 Å². The van der Waals surface area contributed by atoms with Crippen molar-refractivity contribution in [2.24, 2.45) is 4.99 Å². The molecule has 4 aromatic rings. The number of nitrogens with zero attached hydrogens (tertiary/aromatic N) is 3. The number of thiazole rings is 1. The molecule has 0 unspecified atom stereocenters. The second-order valence-electron chi connectivity index (χ2n) is 8.77. The largest absolute Gasteiger partial charge is 0.497 e. The Morgan fingerprint density at radius 3 is 2.70 bits per heavy atom. The summed E-state index contributed by atoms with van der Waals surface area (Å²) in [6.45, 7) is 3.60. The van der Waals surface area contributed by atoms with Gasteiger partial charge in [0.15, 0.2) is 4.80 Å². The van der Waals surface area contributed by atoms with Crippen LogP contribution in [0.4, 0.5) is 0 Å². The molecule has 0 spiro atoms. The number of allylic oxidation sites excluding steroid dienone is 1. The highest BCUT2D eigenvalue weighted by atomic mass is 32.1. The van der Waals surface area contributed by atoms with Gasteiger partial charge < -0.3 is 18.6 Å². The molecule has 0 bridgehead atoms. The van der Waals surface area contributed by atoms with Crippen LogP contribution in [0.5, 0.6) is 11.5 Å². The lowest BCUT2D eigenvalue weighted by atomic mass is 9.95. The van der Waals surface area contributed by atoms with Gasteiger partial charge in [-0.3, -0.25) is 9.36 Å². The topological polar surface area (TPSA) is 116 Å². The zero-order chi connectivity index (χ0) is 28.4. The first kappa shape index (κ1) is 26.7. The molecule has 40 heavy (non-hydrogen) atoms. The van der Waals surface area contributed by atoms with Crippen LogP contribution in [0.2, 0.25) is 0 Å². The van der Waals surface area contributed by atoms with Crippen LogP contribution in [-0.2, 0) is 9.53 Å². The summed E-state index contributed by atoms with van der Waals surface area (Å²) in [7, 11) is 3.06. The third kappa shape index (κ3) is 4.72. The second-order valence-corrected chi connectivity index (χ2v) is 9.78. The Kier molecular flexibility index (Phi) is 7.40. The first-order valence-electron chi connectivity index (χ1n) is 12.4. The molecule has 9 nitrogen and oxygen atoms in total. The Balaban J connectivity index is 1.69. The lowest BCUT2D eigenvalue weighted by Gasteiger charge is -2.26. The van der Waals surface area contributed by atoms with Crippen molar-refractivity contribution in [1.82, 2.24) is 4.57 Å². The van der Waals surface area contributed by atoms with Crippen molar-refractivity contribution in [2.45, 2.75) is 19.9 Å². The molecule has 202 valence electrons. The van der Waals surface area contributed by atoms with Crippen molar-refractivity contribution in [3.8, 4) is 28.9 Å². The van der Waals surface area contributed by atoms with Crippen molar-refractivity contribution < 1.29 is 23.4 Å². The van der Waals surface area contributed by atoms with Crippen LogP contribution < -0.4 is 24.4 Å². The lowest BCUT2D eigenvalue weighted by Crippen LogP contribution is -2.40. The highest BCUT2D eigenvalue weighted by Gasteiger charge is 2.35. The predicted molar refractivity (Wildman–Crippen MR) is 149 cm³/mol. The molecule has 5 rings (SSSR count). The summed E-state index contributed by atoms with van der Waals surface area (Å²) < 4.78 is 24.3. The van der Waals surface area contributed by atoms with E-state index in [0.717, 1.165) is 0 Å². The number of fused-ring (bicyclic) bond motifs is 1. The van der Waals surface area contributed by atoms with Crippen LogP contribution in [0.15, 0.2) is 80.1 Å². The van der Waals surface area contributed by atoms with E-state index in [1.807, 2.05) is 6.07 Å². The monoisotopic (exact) mass is 555 g/mol. The van der Waals surface area contributed by atoms with Gasteiger partial charge in [0.1, 0.15) is 29.1 Å². The second kappa shape index (κ2) is 11.1. The number of hydrogen-bond donors (Lipinski definition) is 0. The normalized spacial score (nSPS) is 14.8. The number of carbonyl (C=O) groups is 1. The Labute approximate surface area is 233 Å². The zero-order valence-electron chi connectivity index (χ0n) is 22.3. The number of rotatable bonds is 7. The molecule has 0 saturated heterocycles. The summed E-state index contributed by atoms with van der Waals surface area (Å²) in [5.74, 6) is 1.39. The number of methoxy groups -OCH3 is 2. The minimum absolute atomic E-state index is 0.164. The number of benzene rings is 2. The molecule has 0 aliphatic carbocycles. The first-order valence-corrected chi connectivity index (χ1v) is 13.2. The fourth-order valence-electron chi connectivity index (χ4n) is 4.64. The number of aromatic nitrogens is 1. The third-order valence-electron chi connectivity index (χ3n) is 6.46. The Morgan fingerprint density at radius 2 is 1.98 bits per heavy atom. The highest BCUT2D eigenvalue weighted by Crippen LogP contribution is 2.38. The molecule has 2 aromatic carbocycles. The number of hydrogen-bond acceptors (Lipinski definition) is 9. The van der Waals surface area contributed by atoms with Crippen LogP contribution in [0, 0.1) is 11.3 Å². The van der Waals surface area contributed by atoms with Gasteiger partial charge in [-0.15, -0.1) is 0 Å². The van der Waals surface area contributed by atoms with Gasteiger partial charge in [0.05, 0.1) is 48.3 Å². The smallest absolute Gasteiger partial charge is 0.338 e. The van der Waals surface area contributed by atoms with Gasteiger partial charge in [0.2, 0.25) is 0 Å². The minimum atomic E-state index is -0.864. The van der Waals surface area contributed by atoms with E-state index in [9.17, 15) is 14.9 Å². The van der Waals surface area contributed by atoms with Gasteiger partial charge in [-0.05, 0) is 56.3 Å².